The smallest absolute Gasteiger partial charge is 0.328 e. The van der Waals surface area contributed by atoms with Gasteiger partial charge in [0.2, 0.25) is 0 Å². The number of ether oxygens (including phenoxy) is 1. The Bertz CT molecular complexity index is 416. The van der Waals surface area contributed by atoms with Crippen LogP contribution in [0.4, 0.5) is 5.82 Å². The average Bonchev–Trinajstić information content (AvgIpc) is 2.65. The fourth-order valence-corrected chi connectivity index (χ4v) is 1.41. The molecule has 84 valence electrons. The normalized spacial score (nSPS) is 19.2. The van der Waals surface area contributed by atoms with Crippen LogP contribution >= 0.6 is 0 Å². The number of amides is 1. The van der Waals surface area contributed by atoms with E-state index in [4.69, 9.17) is 10.5 Å². The molecule has 3 N–H and O–H groups in total. The van der Waals surface area contributed by atoms with E-state index in [9.17, 15) is 9.59 Å². The van der Waals surface area contributed by atoms with Crippen LogP contribution in [-0.2, 0) is 9.53 Å². The van der Waals surface area contributed by atoms with Crippen LogP contribution in [0, 0.1) is 0 Å². The molecule has 0 aliphatic carbocycles. The maximum Gasteiger partial charge on any atom is 0.328 e. The van der Waals surface area contributed by atoms with Crippen molar-refractivity contribution in [1.82, 2.24) is 10.3 Å². The van der Waals surface area contributed by atoms with Crippen LogP contribution in [0.1, 0.15) is 16.8 Å². The number of hydrogen-bond acceptors (Lipinski definition) is 5. The lowest BCUT2D eigenvalue weighted by Crippen LogP contribution is -2.37. The summed E-state index contributed by atoms with van der Waals surface area (Å²) in [5, 5.41) is 2.57. The SMILES string of the molecule is Nc1ccc(C(=O)NC2CCOC2=O)cn1. The van der Waals surface area contributed by atoms with E-state index in [2.05, 4.69) is 10.3 Å². The van der Waals surface area contributed by atoms with Crippen molar-refractivity contribution in [3.8, 4) is 0 Å². The fourth-order valence-electron chi connectivity index (χ4n) is 1.41. The number of cyclic esters (lactones) is 1. The molecule has 1 amide bonds. The Morgan fingerprint density at radius 2 is 2.38 bits per heavy atom. The van der Waals surface area contributed by atoms with E-state index in [1.54, 1.807) is 6.07 Å². The summed E-state index contributed by atoms with van der Waals surface area (Å²) in [5.41, 5.74) is 5.76. The third-order valence-corrected chi connectivity index (χ3v) is 2.29. The third-order valence-electron chi connectivity index (χ3n) is 2.29. The molecule has 1 fully saturated rings. The third kappa shape index (κ3) is 2.10. The zero-order valence-electron chi connectivity index (χ0n) is 8.47. The van der Waals surface area contributed by atoms with Crippen LogP contribution < -0.4 is 11.1 Å². The molecule has 1 aliphatic heterocycles. The van der Waals surface area contributed by atoms with Crippen LogP contribution in [0.5, 0.6) is 0 Å². The second kappa shape index (κ2) is 4.18. The Morgan fingerprint density at radius 3 is 2.94 bits per heavy atom. The number of hydrogen-bond donors (Lipinski definition) is 2. The predicted molar refractivity (Wildman–Crippen MR) is 55.5 cm³/mol. The van der Waals surface area contributed by atoms with Crippen LogP contribution in [0.25, 0.3) is 0 Å². The van der Waals surface area contributed by atoms with Crippen molar-refractivity contribution >= 4 is 17.7 Å². The molecule has 1 saturated heterocycles. The van der Waals surface area contributed by atoms with Gasteiger partial charge in [0.15, 0.2) is 0 Å². The molecule has 16 heavy (non-hydrogen) atoms. The summed E-state index contributed by atoms with van der Waals surface area (Å²) in [7, 11) is 0. The Morgan fingerprint density at radius 1 is 1.56 bits per heavy atom. The molecule has 2 heterocycles. The first-order chi connectivity index (χ1) is 7.66. The number of esters is 1. The number of anilines is 1. The second-order valence-electron chi connectivity index (χ2n) is 3.45. The van der Waals surface area contributed by atoms with Gasteiger partial charge >= 0.3 is 5.97 Å². The van der Waals surface area contributed by atoms with Crippen molar-refractivity contribution in [3.05, 3.63) is 23.9 Å². The predicted octanol–water partition coefficient (Wildman–Crippen LogP) is -0.291. The van der Waals surface area contributed by atoms with E-state index in [1.165, 1.54) is 12.3 Å². The van der Waals surface area contributed by atoms with Crippen molar-refractivity contribution in [1.29, 1.82) is 0 Å². The van der Waals surface area contributed by atoms with Gasteiger partial charge in [-0.3, -0.25) is 4.79 Å². The zero-order chi connectivity index (χ0) is 11.5. The molecule has 1 aromatic rings. The van der Waals surface area contributed by atoms with Gasteiger partial charge in [0.25, 0.3) is 5.91 Å². The van der Waals surface area contributed by atoms with Gasteiger partial charge in [-0.05, 0) is 12.1 Å². The molecule has 2 rings (SSSR count). The van der Waals surface area contributed by atoms with E-state index in [0.717, 1.165) is 0 Å². The van der Waals surface area contributed by atoms with E-state index in [0.29, 0.717) is 24.4 Å². The second-order valence-corrected chi connectivity index (χ2v) is 3.45. The minimum absolute atomic E-state index is 0.344. The average molecular weight is 221 g/mol. The molecular weight excluding hydrogens is 210 g/mol. The highest BCUT2D eigenvalue weighted by Gasteiger charge is 2.28. The number of nitrogens with zero attached hydrogens (tertiary/aromatic N) is 1. The highest BCUT2D eigenvalue weighted by Crippen LogP contribution is 2.07. The quantitative estimate of drug-likeness (QED) is 0.669. The molecule has 6 heteroatoms. The topological polar surface area (TPSA) is 94.3 Å². The molecule has 0 radical (unpaired) electrons. The van der Waals surface area contributed by atoms with Crippen LogP contribution in [0.15, 0.2) is 18.3 Å². The maximum atomic E-state index is 11.7. The van der Waals surface area contributed by atoms with Crippen molar-refractivity contribution < 1.29 is 14.3 Å². The Labute approximate surface area is 91.8 Å². The monoisotopic (exact) mass is 221 g/mol. The number of nitrogen functional groups attached to an aromatic ring is 1. The number of carbonyl (C=O) groups excluding carboxylic acids is 2. The van der Waals surface area contributed by atoms with Gasteiger partial charge in [-0.2, -0.15) is 0 Å². The minimum Gasteiger partial charge on any atom is -0.464 e. The largest absolute Gasteiger partial charge is 0.464 e. The van der Waals surface area contributed by atoms with Gasteiger partial charge in [0, 0.05) is 12.6 Å². The van der Waals surface area contributed by atoms with Crippen LogP contribution in [0.2, 0.25) is 0 Å². The molecule has 6 nitrogen and oxygen atoms in total. The maximum absolute atomic E-state index is 11.7. The van der Waals surface area contributed by atoms with Gasteiger partial charge in [-0.25, -0.2) is 9.78 Å². The van der Waals surface area contributed by atoms with Gasteiger partial charge in [-0.15, -0.1) is 0 Å². The molecule has 0 spiro atoms. The lowest BCUT2D eigenvalue weighted by atomic mass is 10.2. The molecule has 0 bridgehead atoms. The summed E-state index contributed by atoms with van der Waals surface area (Å²) in [6.45, 7) is 0.351. The minimum atomic E-state index is -0.551. The van der Waals surface area contributed by atoms with E-state index in [-0.39, 0.29) is 5.91 Å². The summed E-state index contributed by atoms with van der Waals surface area (Å²) in [4.78, 5) is 26.6. The van der Waals surface area contributed by atoms with E-state index in [1.807, 2.05) is 0 Å². The van der Waals surface area contributed by atoms with E-state index >= 15 is 0 Å². The molecular formula is C10H11N3O3. The summed E-state index contributed by atoms with van der Waals surface area (Å²) >= 11 is 0. The first kappa shape index (κ1) is 10.4. The molecule has 1 aromatic heterocycles. The van der Waals surface area contributed by atoms with Gasteiger partial charge in [0.05, 0.1) is 12.2 Å². The highest BCUT2D eigenvalue weighted by molar-refractivity contribution is 5.96. The summed E-state index contributed by atoms with van der Waals surface area (Å²) in [5.74, 6) is -0.398. The summed E-state index contributed by atoms with van der Waals surface area (Å²) in [6.07, 6.45) is 1.87. The summed E-state index contributed by atoms with van der Waals surface area (Å²) in [6, 6.07) is 2.53. The Balaban J connectivity index is 2.02. The van der Waals surface area contributed by atoms with Crippen LogP contribution in [-0.4, -0.2) is 29.5 Å². The highest BCUT2D eigenvalue weighted by atomic mass is 16.5. The first-order valence-corrected chi connectivity index (χ1v) is 4.86. The molecule has 0 aromatic carbocycles. The number of nitrogens with one attached hydrogen (secondary N) is 1. The number of nitrogens with two attached hydrogens (primary N) is 1. The lowest BCUT2D eigenvalue weighted by molar-refractivity contribution is -0.139. The molecule has 1 aliphatic rings. The molecule has 0 saturated carbocycles. The van der Waals surface area contributed by atoms with E-state index < -0.39 is 12.0 Å². The van der Waals surface area contributed by atoms with Crippen molar-refractivity contribution in [3.63, 3.8) is 0 Å². The number of carbonyl (C=O) groups is 2. The van der Waals surface area contributed by atoms with Gasteiger partial charge in [0.1, 0.15) is 11.9 Å². The van der Waals surface area contributed by atoms with Gasteiger partial charge in [-0.1, -0.05) is 0 Å². The lowest BCUT2D eigenvalue weighted by Gasteiger charge is -2.08. The summed E-state index contributed by atoms with van der Waals surface area (Å²) < 4.78 is 4.73. The number of aromatic nitrogens is 1. The van der Waals surface area contributed by atoms with Gasteiger partial charge < -0.3 is 15.8 Å². The Kier molecular flexibility index (Phi) is 2.72. The van der Waals surface area contributed by atoms with Crippen molar-refractivity contribution in [2.45, 2.75) is 12.5 Å². The Hall–Kier alpha value is -2.11. The van der Waals surface area contributed by atoms with Crippen molar-refractivity contribution in [2.24, 2.45) is 0 Å². The number of rotatable bonds is 2. The first-order valence-electron chi connectivity index (χ1n) is 4.86. The fraction of sp³-hybridized carbons (Fsp3) is 0.300. The molecule has 1 atom stereocenters. The zero-order valence-corrected chi connectivity index (χ0v) is 8.47. The number of pyridine rings is 1. The van der Waals surface area contributed by atoms with Crippen LogP contribution in [0.3, 0.4) is 0 Å². The standard InChI is InChI=1S/C10H11N3O3/c11-8-2-1-6(5-12-8)9(14)13-7-3-4-16-10(7)15/h1-2,5,7H,3-4H2,(H2,11,12)(H,13,14). The van der Waals surface area contributed by atoms with Crippen molar-refractivity contribution in [2.75, 3.05) is 12.3 Å². The molecule has 1 unspecified atom stereocenters.